The highest BCUT2D eigenvalue weighted by Crippen LogP contribution is 2.25. The normalized spacial score (nSPS) is 12.4. The monoisotopic (exact) mass is 278 g/mol. The molecule has 0 unspecified atom stereocenters. The van der Waals surface area contributed by atoms with Crippen LogP contribution < -0.4 is 0 Å². The van der Waals surface area contributed by atoms with Gasteiger partial charge in [0.2, 0.25) is 0 Å². The third-order valence-electron chi connectivity index (χ3n) is 3.24. The molecule has 2 rings (SSSR count). The van der Waals surface area contributed by atoms with Gasteiger partial charge in [-0.25, -0.2) is 0 Å². The Labute approximate surface area is 129 Å². The summed E-state index contributed by atoms with van der Waals surface area (Å²) in [6.45, 7) is 10.3. The fourth-order valence-corrected chi connectivity index (χ4v) is 2.32. The molecule has 2 aromatic rings. The zero-order valence-corrected chi connectivity index (χ0v) is 13.9. The molecule has 0 aliphatic carbocycles. The van der Waals surface area contributed by atoms with Crippen LogP contribution in [0.2, 0.25) is 0 Å². The standard InChI is InChI=1S/C19H20.C2H6/c1-4-8-15(3)19(9-5-2)18-13-12-16-10-6-7-11-17(16)14-18;1-2/h4-14H,1-3H3;1-2H3/b8-4?,9-5-,19-15+;. The van der Waals surface area contributed by atoms with Crippen molar-refractivity contribution in [2.24, 2.45) is 0 Å². The molecule has 21 heavy (non-hydrogen) atoms. The second-order valence-electron chi connectivity index (χ2n) is 4.66. The smallest absolute Gasteiger partial charge is 0.0158 e. The van der Waals surface area contributed by atoms with Crippen molar-refractivity contribution in [3.05, 3.63) is 77.9 Å². The zero-order chi connectivity index (χ0) is 15.7. The predicted molar refractivity (Wildman–Crippen MR) is 97.5 cm³/mol. The molecule has 0 aliphatic heterocycles. The Kier molecular flexibility index (Phi) is 7.25. The number of hydrogen-bond donors (Lipinski definition) is 0. The summed E-state index contributed by atoms with van der Waals surface area (Å²) in [5.41, 5.74) is 3.84. The molecule has 0 saturated carbocycles. The number of fused-ring (bicyclic) bond motifs is 1. The van der Waals surface area contributed by atoms with Crippen molar-refractivity contribution in [1.29, 1.82) is 0 Å². The Bertz CT molecular complexity index is 655. The quantitative estimate of drug-likeness (QED) is 0.542. The van der Waals surface area contributed by atoms with Crippen LogP contribution in [0.4, 0.5) is 0 Å². The molecular formula is C21H26. The highest BCUT2D eigenvalue weighted by Gasteiger charge is 2.02. The lowest BCUT2D eigenvalue weighted by molar-refractivity contribution is 1.49. The molecule has 2 aromatic carbocycles. The first-order valence-corrected chi connectivity index (χ1v) is 7.71. The highest BCUT2D eigenvalue weighted by atomic mass is 14.1. The minimum atomic E-state index is 1.27. The van der Waals surface area contributed by atoms with Gasteiger partial charge in [-0.2, -0.15) is 0 Å². The van der Waals surface area contributed by atoms with Crippen LogP contribution in [0.15, 0.2) is 72.3 Å². The summed E-state index contributed by atoms with van der Waals surface area (Å²) in [5.74, 6) is 0. The van der Waals surface area contributed by atoms with Crippen LogP contribution in [-0.4, -0.2) is 0 Å². The second kappa shape index (κ2) is 8.97. The van der Waals surface area contributed by atoms with Gasteiger partial charge in [0, 0.05) is 0 Å². The van der Waals surface area contributed by atoms with Crippen molar-refractivity contribution < 1.29 is 0 Å². The third kappa shape index (κ3) is 4.46. The average Bonchev–Trinajstić information content (AvgIpc) is 2.54. The topological polar surface area (TPSA) is 0 Å². The van der Waals surface area contributed by atoms with Crippen molar-refractivity contribution in [2.45, 2.75) is 34.6 Å². The lowest BCUT2D eigenvalue weighted by atomic mass is 9.97. The van der Waals surface area contributed by atoms with Gasteiger partial charge in [0.1, 0.15) is 0 Å². The summed E-state index contributed by atoms with van der Waals surface area (Å²) in [7, 11) is 0. The number of hydrogen-bond acceptors (Lipinski definition) is 0. The van der Waals surface area contributed by atoms with Gasteiger partial charge in [-0.3, -0.25) is 0 Å². The van der Waals surface area contributed by atoms with Gasteiger partial charge in [-0.1, -0.05) is 74.5 Å². The fourth-order valence-electron chi connectivity index (χ4n) is 2.32. The van der Waals surface area contributed by atoms with Crippen molar-refractivity contribution in [3.8, 4) is 0 Å². The van der Waals surface area contributed by atoms with E-state index in [4.69, 9.17) is 0 Å². The van der Waals surface area contributed by atoms with E-state index < -0.39 is 0 Å². The van der Waals surface area contributed by atoms with Crippen LogP contribution in [0.5, 0.6) is 0 Å². The Hall–Kier alpha value is -2.08. The molecule has 0 saturated heterocycles. The molecule has 0 heterocycles. The summed E-state index contributed by atoms with van der Waals surface area (Å²) in [5, 5.41) is 2.57. The number of rotatable bonds is 3. The summed E-state index contributed by atoms with van der Waals surface area (Å²) in [4.78, 5) is 0. The largest absolute Gasteiger partial charge is 0.0874 e. The van der Waals surface area contributed by atoms with E-state index in [1.54, 1.807) is 0 Å². The Morgan fingerprint density at radius 1 is 0.810 bits per heavy atom. The summed E-state index contributed by atoms with van der Waals surface area (Å²) >= 11 is 0. The molecule has 0 N–H and O–H groups in total. The Balaban J connectivity index is 0.00000106. The summed E-state index contributed by atoms with van der Waals surface area (Å²) < 4.78 is 0. The molecule has 0 aliphatic rings. The van der Waals surface area contributed by atoms with E-state index in [0.29, 0.717) is 0 Å². The van der Waals surface area contributed by atoms with Crippen LogP contribution in [0.3, 0.4) is 0 Å². The Morgan fingerprint density at radius 2 is 1.43 bits per heavy atom. The van der Waals surface area contributed by atoms with Crippen LogP contribution in [0.25, 0.3) is 16.3 Å². The first kappa shape index (κ1) is 17.0. The van der Waals surface area contributed by atoms with E-state index >= 15 is 0 Å². The van der Waals surface area contributed by atoms with Gasteiger partial charge in [0.05, 0.1) is 0 Å². The van der Waals surface area contributed by atoms with E-state index in [9.17, 15) is 0 Å². The molecule has 0 aromatic heterocycles. The molecule has 0 spiro atoms. The van der Waals surface area contributed by atoms with Gasteiger partial charge >= 0.3 is 0 Å². The molecule has 0 atom stereocenters. The Morgan fingerprint density at radius 3 is 2.05 bits per heavy atom. The maximum absolute atomic E-state index is 2.26. The molecule has 0 fully saturated rings. The van der Waals surface area contributed by atoms with Crippen LogP contribution in [-0.2, 0) is 0 Å². The van der Waals surface area contributed by atoms with E-state index in [2.05, 4.69) is 87.5 Å². The van der Waals surface area contributed by atoms with Gasteiger partial charge in [0.15, 0.2) is 0 Å². The predicted octanol–water partition coefficient (Wildman–Crippen LogP) is 6.79. The molecule has 110 valence electrons. The molecule has 0 heteroatoms. The molecule has 0 radical (unpaired) electrons. The van der Waals surface area contributed by atoms with Crippen LogP contribution >= 0.6 is 0 Å². The molecular weight excluding hydrogens is 252 g/mol. The van der Waals surface area contributed by atoms with Gasteiger partial charge < -0.3 is 0 Å². The highest BCUT2D eigenvalue weighted by molar-refractivity contribution is 5.88. The first-order valence-electron chi connectivity index (χ1n) is 7.71. The van der Waals surface area contributed by atoms with Crippen LogP contribution in [0, 0.1) is 0 Å². The fraction of sp³-hybridized carbons (Fsp3) is 0.238. The molecule has 0 bridgehead atoms. The average molecular weight is 278 g/mol. The second-order valence-corrected chi connectivity index (χ2v) is 4.66. The number of benzene rings is 2. The van der Waals surface area contributed by atoms with E-state index in [-0.39, 0.29) is 0 Å². The lowest BCUT2D eigenvalue weighted by Gasteiger charge is -2.08. The van der Waals surface area contributed by atoms with E-state index in [1.165, 1.54) is 27.5 Å². The van der Waals surface area contributed by atoms with Gasteiger partial charge in [-0.15, -0.1) is 0 Å². The molecule has 0 nitrogen and oxygen atoms in total. The van der Waals surface area contributed by atoms with E-state index in [0.717, 1.165) is 0 Å². The maximum atomic E-state index is 2.26. The third-order valence-corrected chi connectivity index (χ3v) is 3.24. The van der Waals surface area contributed by atoms with Crippen molar-refractivity contribution in [3.63, 3.8) is 0 Å². The van der Waals surface area contributed by atoms with Gasteiger partial charge in [0.25, 0.3) is 0 Å². The van der Waals surface area contributed by atoms with Crippen molar-refractivity contribution >= 4 is 16.3 Å². The van der Waals surface area contributed by atoms with E-state index in [1.807, 2.05) is 13.8 Å². The lowest BCUT2D eigenvalue weighted by Crippen LogP contribution is -1.85. The van der Waals surface area contributed by atoms with Crippen LogP contribution in [0.1, 0.15) is 40.2 Å². The van der Waals surface area contributed by atoms with Crippen molar-refractivity contribution in [2.75, 3.05) is 0 Å². The zero-order valence-electron chi connectivity index (χ0n) is 13.9. The maximum Gasteiger partial charge on any atom is -0.0158 e. The SMILES string of the molecule is CC.CC=C/C(C)=C(\C=C/C)c1ccc2ccccc2c1. The minimum absolute atomic E-state index is 1.27. The summed E-state index contributed by atoms with van der Waals surface area (Å²) in [6.07, 6.45) is 8.52. The summed E-state index contributed by atoms with van der Waals surface area (Å²) in [6, 6.07) is 15.1. The first-order chi connectivity index (χ1) is 10.3. The van der Waals surface area contributed by atoms with Gasteiger partial charge in [-0.05, 0) is 54.3 Å². The minimum Gasteiger partial charge on any atom is -0.0874 e. The van der Waals surface area contributed by atoms with Crippen molar-refractivity contribution in [1.82, 2.24) is 0 Å². The molecule has 0 amide bonds. The number of allylic oxidation sites excluding steroid dienone is 6.